The summed E-state index contributed by atoms with van der Waals surface area (Å²) in [7, 11) is 0. The summed E-state index contributed by atoms with van der Waals surface area (Å²) < 4.78 is 10.7. The molecule has 5 heteroatoms. The van der Waals surface area contributed by atoms with Crippen molar-refractivity contribution in [3.05, 3.63) is 64.8 Å². The number of fused-ring (bicyclic) bond motifs is 2. The van der Waals surface area contributed by atoms with Crippen LogP contribution in [0, 0.1) is 6.92 Å². The molecule has 1 N–H and O–H groups in total. The average Bonchev–Trinajstić information content (AvgIpc) is 3.02. The highest BCUT2D eigenvalue weighted by molar-refractivity contribution is 6.02. The van der Waals surface area contributed by atoms with E-state index in [0.29, 0.717) is 28.8 Å². The van der Waals surface area contributed by atoms with Crippen LogP contribution in [-0.4, -0.2) is 22.9 Å². The van der Waals surface area contributed by atoms with Crippen LogP contribution in [0.3, 0.4) is 0 Å². The van der Waals surface area contributed by atoms with E-state index in [4.69, 9.17) is 9.47 Å². The van der Waals surface area contributed by atoms with Gasteiger partial charge in [0.1, 0.15) is 0 Å². The minimum atomic E-state index is -0.945. The maximum absolute atomic E-state index is 11.6. The Balaban J connectivity index is 1.77. The Hall–Kier alpha value is -3.08. The molecular formula is C19H15NO4. The van der Waals surface area contributed by atoms with E-state index in [1.165, 1.54) is 0 Å². The number of pyridine rings is 1. The smallest absolute Gasteiger partial charge is 0.336 e. The fourth-order valence-electron chi connectivity index (χ4n) is 2.92. The van der Waals surface area contributed by atoms with Gasteiger partial charge in [0.2, 0.25) is 6.79 Å². The Morgan fingerprint density at radius 3 is 2.79 bits per heavy atom. The van der Waals surface area contributed by atoms with Crippen molar-refractivity contribution in [2.75, 3.05) is 6.79 Å². The van der Waals surface area contributed by atoms with Gasteiger partial charge in [-0.05, 0) is 42.8 Å². The lowest BCUT2D eigenvalue weighted by molar-refractivity contribution is 0.0699. The highest BCUT2D eigenvalue weighted by Gasteiger charge is 2.15. The molecule has 24 heavy (non-hydrogen) atoms. The molecule has 3 aromatic rings. The zero-order valence-electron chi connectivity index (χ0n) is 13.1. The number of aromatic carboxylic acids is 1. The fraction of sp³-hybridized carbons (Fsp3) is 0.158. The third-order valence-corrected chi connectivity index (χ3v) is 4.07. The number of hydrogen-bond donors (Lipinski definition) is 1. The molecule has 4 rings (SSSR count). The van der Waals surface area contributed by atoms with Gasteiger partial charge in [-0.15, -0.1) is 0 Å². The van der Waals surface area contributed by atoms with Gasteiger partial charge in [-0.3, -0.25) is 4.98 Å². The van der Waals surface area contributed by atoms with E-state index in [1.807, 2.05) is 43.3 Å². The van der Waals surface area contributed by atoms with E-state index < -0.39 is 5.97 Å². The number of carboxylic acid groups (broad SMARTS) is 1. The number of hydrogen-bond acceptors (Lipinski definition) is 4. The van der Waals surface area contributed by atoms with E-state index in [1.54, 1.807) is 6.07 Å². The van der Waals surface area contributed by atoms with Crippen molar-refractivity contribution in [2.24, 2.45) is 0 Å². The topological polar surface area (TPSA) is 68.7 Å². The van der Waals surface area contributed by atoms with Crippen molar-refractivity contribution >= 4 is 16.9 Å². The van der Waals surface area contributed by atoms with Gasteiger partial charge >= 0.3 is 5.97 Å². The Kier molecular flexibility index (Phi) is 3.34. The predicted octanol–water partition coefficient (Wildman–Crippen LogP) is 3.56. The van der Waals surface area contributed by atoms with E-state index in [9.17, 15) is 9.90 Å². The van der Waals surface area contributed by atoms with Crippen molar-refractivity contribution in [1.82, 2.24) is 4.98 Å². The van der Waals surface area contributed by atoms with Gasteiger partial charge in [0.15, 0.2) is 11.5 Å². The van der Waals surface area contributed by atoms with Crippen LogP contribution in [0.15, 0.2) is 42.5 Å². The number of nitrogens with zero attached hydrogens (tertiary/aromatic N) is 1. The molecule has 2 heterocycles. The average molecular weight is 321 g/mol. The number of rotatable bonds is 3. The van der Waals surface area contributed by atoms with Crippen LogP contribution in [-0.2, 0) is 6.42 Å². The summed E-state index contributed by atoms with van der Waals surface area (Å²) in [6.07, 6.45) is 0.529. The highest BCUT2D eigenvalue weighted by Crippen LogP contribution is 2.33. The summed E-state index contributed by atoms with van der Waals surface area (Å²) in [5.41, 5.74) is 3.68. The van der Waals surface area contributed by atoms with Gasteiger partial charge in [0, 0.05) is 17.5 Å². The van der Waals surface area contributed by atoms with Crippen LogP contribution < -0.4 is 9.47 Å². The van der Waals surface area contributed by atoms with Crippen LogP contribution >= 0.6 is 0 Å². The van der Waals surface area contributed by atoms with Crippen molar-refractivity contribution in [3.63, 3.8) is 0 Å². The predicted molar refractivity (Wildman–Crippen MR) is 88.8 cm³/mol. The largest absolute Gasteiger partial charge is 0.478 e. The molecule has 0 amide bonds. The zero-order chi connectivity index (χ0) is 16.7. The Labute approximate surface area is 138 Å². The molecule has 0 radical (unpaired) electrons. The standard InChI is InChI=1S/C19H15NO4/c1-11-2-4-16-14(6-11)15(19(21)22)9-13(20-16)7-12-3-5-17-18(8-12)24-10-23-17/h2-6,8-9H,7,10H2,1H3,(H,21,22). The lowest BCUT2D eigenvalue weighted by Gasteiger charge is -2.08. The Bertz CT molecular complexity index is 965. The second-order valence-electron chi connectivity index (χ2n) is 5.85. The van der Waals surface area contributed by atoms with Gasteiger partial charge in [-0.25, -0.2) is 4.79 Å². The van der Waals surface area contributed by atoms with Crippen molar-refractivity contribution in [1.29, 1.82) is 0 Å². The van der Waals surface area contributed by atoms with E-state index >= 15 is 0 Å². The van der Waals surface area contributed by atoms with Gasteiger partial charge in [-0.2, -0.15) is 0 Å². The molecule has 0 aliphatic carbocycles. The molecule has 1 aromatic heterocycles. The van der Waals surface area contributed by atoms with Crippen LogP contribution in [0.25, 0.3) is 10.9 Å². The first-order valence-corrected chi connectivity index (χ1v) is 7.62. The van der Waals surface area contributed by atoms with Gasteiger partial charge in [-0.1, -0.05) is 17.7 Å². The molecule has 0 saturated heterocycles. The number of carbonyl (C=O) groups is 1. The molecule has 0 bridgehead atoms. The molecule has 5 nitrogen and oxygen atoms in total. The number of aromatic nitrogens is 1. The number of carboxylic acids is 1. The summed E-state index contributed by atoms with van der Waals surface area (Å²) in [6, 6.07) is 13.0. The molecule has 1 aliphatic heterocycles. The second-order valence-corrected chi connectivity index (χ2v) is 5.85. The fourth-order valence-corrected chi connectivity index (χ4v) is 2.92. The summed E-state index contributed by atoms with van der Waals surface area (Å²) >= 11 is 0. The quantitative estimate of drug-likeness (QED) is 0.799. The van der Waals surface area contributed by atoms with Crippen molar-refractivity contribution in [3.8, 4) is 11.5 Å². The first-order chi connectivity index (χ1) is 11.6. The first kappa shape index (κ1) is 14.5. The summed E-state index contributed by atoms with van der Waals surface area (Å²) in [5.74, 6) is 0.495. The van der Waals surface area contributed by atoms with Gasteiger partial charge in [0.05, 0.1) is 11.1 Å². The van der Waals surface area contributed by atoms with Crippen molar-refractivity contribution in [2.45, 2.75) is 13.3 Å². The molecule has 0 fully saturated rings. The third-order valence-electron chi connectivity index (χ3n) is 4.07. The van der Waals surface area contributed by atoms with E-state index in [-0.39, 0.29) is 12.4 Å². The maximum atomic E-state index is 11.6. The lowest BCUT2D eigenvalue weighted by Crippen LogP contribution is -2.03. The summed E-state index contributed by atoms with van der Waals surface area (Å²) in [5, 5.41) is 10.2. The molecule has 1 aliphatic rings. The van der Waals surface area contributed by atoms with Gasteiger partial charge in [0.25, 0.3) is 0 Å². The molecule has 0 unspecified atom stereocenters. The van der Waals surface area contributed by atoms with Crippen LogP contribution in [0.1, 0.15) is 27.2 Å². The van der Waals surface area contributed by atoms with Crippen LogP contribution in [0.5, 0.6) is 11.5 Å². The summed E-state index contributed by atoms with van der Waals surface area (Å²) in [4.78, 5) is 16.2. The highest BCUT2D eigenvalue weighted by atomic mass is 16.7. The molecule has 120 valence electrons. The molecular weight excluding hydrogens is 306 g/mol. The first-order valence-electron chi connectivity index (χ1n) is 7.62. The lowest BCUT2D eigenvalue weighted by atomic mass is 10.0. The number of ether oxygens (including phenoxy) is 2. The van der Waals surface area contributed by atoms with Crippen LogP contribution in [0.2, 0.25) is 0 Å². The number of benzene rings is 2. The third kappa shape index (κ3) is 2.54. The summed E-state index contributed by atoms with van der Waals surface area (Å²) in [6.45, 7) is 2.17. The minimum Gasteiger partial charge on any atom is -0.478 e. The van der Waals surface area contributed by atoms with Gasteiger partial charge < -0.3 is 14.6 Å². The van der Waals surface area contributed by atoms with Crippen molar-refractivity contribution < 1.29 is 19.4 Å². The maximum Gasteiger partial charge on any atom is 0.336 e. The zero-order valence-corrected chi connectivity index (χ0v) is 13.1. The second kappa shape index (κ2) is 5.53. The Morgan fingerprint density at radius 2 is 1.96 bits per heavy atom. The Morgan fingerprint density at radius 1 is 1.12 bits per heavy atom. The van der Waals surface area contributed by atoms with E-state index in [0.717, 1.165) is 16.9 Å². The van der Waals surface area contributed by atoms with E-state index in [2.05, 4.69) is 4.98 Å². The normalized spacial score (nSPS) is 12.5. The monoisotopic (exact) mass is 321 g/mol. The molecule has 0 atom stereocenters. The molecule has 0 spiro atoms. The minimum absolute atomic E-state index is 0.232. The van der Waals surface area contributed by atoms with Crippen LogP contribution in [0.4, 0.5) is 0 Å². The molecule has 2 aromatic carbocycles. The molecule has 0 saturated carbocycles. The SMILES string of the molecule is Cc1ccc2nc(Cc3ccc4c(c3)OCO4)cc(C(=O)O)c2c1. The number of aryl methyl sites for hydroxylation is 1.